The fourth-order valence-corrected chi connectivity index (χ4v) is 3.09. The van der Waals surface area contributed by atoms with Crippen LogP contribution in [0.3, 0.4) is 0 Å². The van der Waals surface area contributed by atoms with Crippen molar-refractivity contribution in [2.75, 3.05) is 7.11 Å². The number of hydrogen-bond donors (Lipinski definition) is 0. The van der Waals surface area contributed by atoms with Gasteiger partial charge in [0, 0.05) is 6.20 Å². The van der Waals surface area contributed by atoms with Crippen LogP contribution in [-0.4, -0.2) is 21.9 Å². The molecule has 4 rings (SSSR count). The lowest BCUT2D eigenvalue weighted by atomic mass is 10.0. The van der Waals surface area contributed by atoms with Gasteiger partial charge in [-0.1, -0.05) is 29.8 Å². The molecule has 0 atom stereocenters. The van der Waals surface area contributed by atoms with Gasteiger partial charge in [-0.2, -0.15) is 5.10 Å². The van der Waals surface area contributed by atoms with Gasteiger partial charge >= 0.3 is 0 Å². The van der Waals surface area contributed by atoms with Gasteiger partial charge < -0.3 is 4.74 Å². The van der Waals surface area contributed by atoms with E-state index in [1.165, 1.54) is 5.56 Å². The molecule has 0 unspecified atom stereocenters. The van der Waals surface area contributed by atoms with E-state index < -0.39 is 0 Å². The lowest BCUT2D eigenvalue weighted by Gasteiger charge is -2.07. The van der Waals surface area contributed by atoms with Gasteiger partial charge in [-0.25, -0.2) is 9.67 Å². The molecule has 0 aliphatic rings. The molecule has 0 aliphatic carbocycles. The number of methoxy groups -OCH3 is 1. The van der Waals surface area contributed by atoms with Gasteiger partial charge in [0.25, 0.3) is 0 Å². The Labute approximate surface area is 146 Å². The van der Waals surface area contributed by atoms with Crippen LogP contribution in [0, 0.1) is 13.8 Å². The second-order valence-electron chi connectivity index (χ2n) is 6.12. The number of nitrogens with zero attached hydrogens (tertiary/aromatic N) is 3. The number of benzene rings is 2. The van der Waals surface area contributed by atoms with Gasteiger partial charge in [-0.05, 0) is 55.3 Å². The summed E-state index contributed by atoms with van der Waals surface area (Å²) in [5.41, 5.74) is 6.33. The first kappa shape index (κ1) is 15.4. The highest BCUT2D eigenvalue weighted by Crippen LogP contribution is 2.31. The van der Waals surface area contributed by atoms with E-state index in [1.54, 1.807) is 7.11 Å². The molecule has 2 aromatic heterocycles. The molecule has 25 heavy (non-hydrogen) atoms. The van der Waals surface area contributed by atoms with Crippen molar-refractivity contribution in [3.8, 4) is 22.6 Å². The van der Waals surface area contributed by atoms with E-state index in [4.69, 9.17) is 9.84 Å². The van der Waals surface area contributed by atoms with Crippen LogP contribution in [0.25, 0.3) is 27.8 Å². The maximum Gasteiger partial charge on any atom is 0.163 e. The molecule has 0 bridgehead atoms. The van der Waals surface area contributed by atoms with Crippen LogP contribution in [0.5, 0.6) is 5.75 Å². The Morgan fingerprint density at radius 3 is 2.28 bits per heavy atom. The predicted octanol–water partition coefficient (Wildman–Crippen LogP) is 4.71. The third-order valence-corrected chi connectivity index (χ3v) is 4.42. The molecule has 0 saturated heterocycles. The molecule has 4 aromatic rings. The number of aromatic nitrogens is 3. The highest BCUT2D eigenvalue weighted by molar-refractivity contribution is 5.95. The standard InChI is InChI=1S/C21H19N3O/c1-14-4-8-17(9-5-14)24-21-20(15(2)23-24)19(12-13-22-21)16-6-10-18(25-3)11-7-16/h4-13H,1-3H3. The first-order valence-corrected chi connectivity index (χ1v) is 8.23. The van der Waals surface area contributed by atoms with Crippen LogP contribution in [-0.2, 0) is 0 Å². The molecular formula is C21H19N3O. The topological polar surface area (TPSA) is 39.9 Å². The summed E-state index contributed by atoms with van der Waals surface area (Å²) in [6, 6.07) is 18.4. The van der Waals surface area contributed by atoms with Gasteiger partial charge in [-0.3, -0.25) is 0 Å². The number of pyridine rings is 1. The van der Waals surface area contributed by atoms with Crippen LogP contribution in [0.4, 0.5) is 0 Å². The molecule has 0 amide bonds. The van der Waals surface area contributed by atoms with Gasteiger partial charge in [-0.15, -0.1) is 0 Å². The van der Waals surface area contributed by atoms with Gasteiger partial charge in [0.05, 0.1) is 23.9 Å². The fraction of sp³-hybridized carbons (Fsp3) is 0.143. The van der Waals surface area contributed by atoms with Crippen molar-refractivity contribution in [2.24, 2.45) is 0 Å². The van der Waals surface area contributed by atoms with Crippen LogP contribution < -0.4 is 4.74 Å². The van der Waals surface area contributed by atoms with E-state index in [0.29, 0.717) is 0 Å². The number of aryl methyl sites for hydroxylation is 2. The van der Waals surface area contributed by atoms with E-state index in [0.717, 1.165) is 39.3 Å². The summed E-state index contributed by atoms with van der Waals surface area (Å²) in [7, 11) is 1.68. The maximum atomic E-state index is 5.26. The van der Waals surface area contributed by atoms with Crippen LogP contribution in [0.2, 0.25) is 0 Å². The Kier molecular flexibility index (Phi) is 3.73. The van der Waals surface area contributed by atoms with Crippen LogP contribution >= 0.6 is 0 Å². The number of hydrogen-bond acceptors (Lipinski definition) is 3. The molecule has 0 aliphatic heterocycles. The second-order valence-corrected chi connectivity index (χ2v) is 6.12. The normalized spacial score (nSPS) is 11.0. The van der Waals surface area contributed by atoms with Crippen molar-refractivity contribution in [3.63, 3.8) is 0 Å². The van der Waals surface area contributed by atoms with E-state index in [9.17, 15) is 0 Å². The van der Waals surface area contributed by atoms with Crippen LogP contribution in [0.1, 0.15) is 11.3 Å². The van der Waals surface area contributed by atoms with Gasteiger partial charge in [0.1, 0.15) is 5.75 Å². The Morgan fingerprint density at radius 1 is 0.880 bits per heavy atom. The summed E-state index contributed by atoms with van der Waals surface area (Å²) in [4.78, 5) is 4.60. The Hall–Kier alpha value is -3.14. The zero-order valence-electron chi connectivity index (χ0n) is 14.5. The number of fused-ring (bicyclic) bond motifs is 1. The highest BCUT2D eigenvalue weighted by atomic mass is 16.5. The minimum atomic E-state index is 0.848. The van der Waals surface area contributed by atoms with E-state index >= 15 is 0 Å². The molecule has 0 fully saturated rings. The van der Waals surface area contributed by atoms with Crippen molar-refractivity contribution in [1.82, 2.24) is 14.8 Å². The van der Waals surface area contributed by atoms with Crippen molar-refractivity contribution >= 4 is 11.0 Å². The Balaban J connectivity index is 1.91. The molecule has 0 spiro atoms. The van der Waals surface area contributed by atoms with E-state index in [1.807, 2.05) is 36.0 Å². The summed E-state index contributed by atoms with van der Waals surface area (Å²) >= 11 is 0. The van der Waals surface area contributed by atoms with E-state index in [2.05, 4.69) is 48.3 Å². The van der Waals surface area contributed by atoms with Crippen molar-refractivity contribution in [3.05, 3.63) is 72.1 Å². The smallest absolute Gasteiger partial charge is 0.163 e. The fourth-order valence-electron chi connectivity index (χ4n) is 3.09. The molecule has 0 saturated carbocycles. The lowest BCUT2D eigenvalue weighted by Crippen LogP contribution is -1.97. The highest BCUT2D eigenvalue weighted by Gasteiger charge is 2.15. The largest absolute Gasteiger partial charge is 0.497 e. The molecule has 0 N–H and O–H groups in total. The molecule has 0 radical (unpaired) electrons. The number of ether oxygens (including phenoxy) is 1. The molecule has 4 heteroatoms. The minimum Gasteiger partial charge on any atom is -0.497 e. The number of rotatable bonds is 3. The first-order valence-electron chi connectivity index (χ1n) is 8.23. The lowest BCUT2D eigenvalue weighted by molar-refractivity contribution is 0.415. The van der Waals surface area contributed by atoms with Crippen LogP contribution in [0.15, 0.2) is 60.8 Å². The molecule has 2 heterocycles. The van der Waals surface area contributed by atoms with Crippen molar-refractivity contribution in [1.29, 1.82) is 0 Å². The maximum absolute atomic E-state index is 5.26. The quantitative estimate of drug-likeness (QED) is 0.546. The predicted molar refractivity (Wildman–Crippen MR) is 100 cm³/mol. The third kappa shape index (κ3) is 2.66. The SMILES string of the molecule is COc1ccc(-c2ccnc3c2c(C)nn3-c2ccc(C)cc2)cc1. The molecule has 124 valence electrons. The summed E-state index contributed by atoms with van der Waals surface area (Å²) in [5.74, 6) is 0.848. The zero-order chi connectivity index (χ0) is 17.4. The summed E-state index contributed by atoms with van der Waals surface area (Å²) in [5, 5.41) is 5.82. The average molecular weight is 329 g/mol. The molecular weight excluding hydrogens is 310 g/mol. The van der Waals surface area contributed by atoms with Gasteiger partial charge in [0.15, 0.2) is 5.65 Å². The summed E-state index contributed by atoms with van der Waals surface area (Å²) in [6.07, 6.45) is 1.84. The monoisotopic (exact) mass is 329 g/mol. The third-order valence-electron chi connectivity index (χ3n) is 4.42. The molecule has 2 aromatic carbocycles. The summed E-state index contributed by atoms with van der Waals surface area (Å²) < 4.78 is 7.17. The van der Waals surface area contributed by atoms with Crippen molar-refractivity contribution in [2.45, 2.75) is 13.8 Å². The van der Waals surface area contributed by atoms with Crippen molar-refractivity contribution < 1.29 is 4.74 Å². The molecule has 4 nitrogen and oxygen atoms in total. The zero-order valence-corrected chi connectivity index (χ0v) is 14.5. The summed E-state index contributed by atoms with van der Waals surface area (Å²) in [6.45, 7) is 4.11. The second kappa shape index (κ2) is 6.06. The minimum absolute atomic E-state index is 0.848. The van der Waals surface area contributed by atoms with E-state index in [-0.39, 0.29) is 0 Å². The van der Waals surface area contributed by atoms with Gasteiger partial charge in [0.2, 0.25) is 0 Å². The Bertz CT molecular complexity index is 1030. The first-order chi connectivity index (χ1) is 12.2. The Morgan fingerprint density at radius 2 is 1.60 bits per heavy atom. The average Bonchev–Trinajstić information content (AvgIpc) is 2.99.